The topological polar surface area (TPSA) is 71.1 Å². The second-order valence-electron chi connectivity index (χ2n) is 6.43. The predicted octanol–water partition coefficient (Wildman–Crippen LogP) is 3.50. The monoisotopic (exact) mass is 376 g/mol. The Kier molecular flexibility index (Phi) is 8.48. The fraction of sp³-hybridized carbons (Fsp3) is 0.524. The van der Waals surface area contributed by atoms with Gasteiger partial charge in [0, 0.05) is 0 Å². The molecule has 2 rings (SSSR count). The third-order valence-electron chi connectivity index (χ3n) is 4.46. The second kappa shape index (κ2) is 10.8. The summed E-state index contributed by atoms with van der Waals surface area (Å²) < 4.78 is 21.0. The summed E-state index contributed by atoms with van der Waals surface area (Å²) in [6.45, 7) is 2.16. The van der Waals surface area contributed by atoms with Crippen LogP contribution in [0.25, 0.3) is 6.08 Å². The molecule has 1 heterocycles. The molecule has 0 bridgehead atoms. The van der Waals surface area contributed by atoms with E-state index in [1.54, 1.807) is 0 Å². The van der Waals surface area contributed by atoms with Crippen molar-refractivity contribution in [3.05, 3.63) is 41.5 Å². The van der Waals surface area contributed by atoms with Crippen molar-refractivity contribution in [3.63, 3.8) is 0 Å². The molecule has 0 aromatic heterocycles. The van der Waals surface area contributed by atoms with Crippen molar-refractivity contribution < 1.29 is 28.5 Å². The number of rotatable bonds is 9. The van der Waals surface area contributed by atoms with Gasteiger partial charge in [-0.15, -0.1) is 0 Å². The van der Waals surface area contributed by atoms with Crippen molar-refractivity contribution in [2.24, 2.45) is 0 Å². The Morgan fingerprint density at radius 3 is 2.07 bits per heavy atom. The first kappa shape index (κ1) is 21.1. The predicted molar refractivity (Wildman–Crippen MR) is 101 cm³/mol. The third kappa shape index (κ3) is 5.91. The van der Waals surface area contributed by atoms with Crippen molar-refractivity contribution in [1.82, 2.24) is 0 Å². The Bertz CT molecular complexity index is 615. The van der Waals surface area contributed by atoms with Gasteiger partial charge in [-0.1, -0.05) is 62.6 Å². The summed E-state index contributed by atoms with van der Waals surface area (Å²) in [5.41, 5.74) is 1.89. The summed E-state index contributed by atoms with van der Waals surface area (Å²) in [6, 6.07) is 9.81. The molecule has 0 spiro atoms. The van der Waals surface area contributed by atoms with Crippen LogP contribution in [0.2, 0.25) is 0 Å². The van der Waals surface area contributed by atoms with Crippen LogP contribution in [0.1, 0.15) is 44.6 Å². The Labute approximate surface area is 160 Å². The molecule has 0 saturated carbocycles. The van der Waals surface area contributed by atoms with Crippen LogP contribution >= 0.6 is 0 Å². The van der Waals surface area contributed by atoms with E-state index in [9.17, 15) is 9.59 Å². The molecule has 0 N–H and O–H groups in total. The maximum Gasteiger partial charge on any atom is 0.338 e. The summed E-state index contributed by atoms with van der Waals surface area (Å²) in [6.07, 6.45) is 4.04. The van der Waals surface area contributed by atoms with Gasteiger partial charge in [-0.25, -0.2) is 9.59 Å². The van der Waals surface area contributed by atoms with Crippen LogP contribution in [-0.4, -0.2) is 44.7 Å². The number of methoxy groups -OCH3 is 2. The fourth-order valence-electron chi connectivity index (χ4n) is 2.98. The Balaban J connectivity index is 2.21. The average molecular weight is 376 g/mol. The van der Waals surface area contributed by atoms with Gasteiger partial charge in [0.05, 0.1) is 14.2 Å². The van der Waals surface area contributed by atoms with Crippen LogP contribution in [0.5, 0.6) is 0 Å². The molecule has 2 atom stereocenters. The van der Waals surface area contributed by atoms with E-state index in [4.69, 9.17) is 18.9 Å². The lowest BCUT2D eigenvalue weighted by molar-refractivity contribution is -0.160. The number of esters is 2. The van der Waals surface area contributed by atoms with Gasteiger partial charge in [-0.3, -0.25) is 0 Å². The van der Waals surface area contributed by atoms with Crippen LogP contribution in [0.4, 0.5) is 0 Å². The molecule has 1 fully saturated rings. The minimum absolute atomic E-state index is 0.655. The number of hydrogen-bond donors (Lipinski definition) is 0. The number of benzene rings is 1. The molecular formula is C21H28O6. The van der Waals surface area contributed by atoms with E-state index in [0.717, 1.165) is 43.2 Å². The zero-order valence-corrected chi connectivity index (χ0v) is 16.2. The molecule has 1 aliphatic rings. The molecule has 148 valence electrons. The molecule has 0 radical (unpaired) electrons. The van der Waals surface area contributed by atoms with E-state index >= 15 is 0 Å². The summed E-state index contributed by atoms with van der Waals surface area (Å²) in [5, 5.41) is 0. The zero-order valence-electron chi connectivity index (χ0n) is 16.2. The summed E-state index contributed by atoms with van der Waals surface area (Å²) in [4.78, 5) is 24.0. The van der Waals surface area contributed by atoms with Crippen LogP contribution < -0.4 is 0 Å². The first-order valence-electron chi connectivity index (χ1n) is 9.32. The number of ether oxygens (including phenoxy) is 4. The Hall–Kier alpha value is -2.18. The third-order valence-corrected chi connectivity index (χ3v) is 4.46. The lowest BCUT2D eigenvalue weighted by Gasteiger charge is -2.15. The van der Waals surface area contributed by atoms with E-state index in [1.165, 1.54) is 14.2 Å². The maximum absolute atomic E-state index is 12.0. The summed E-state index contributed by atoms with van der Waals surface area (Å²) in [5.74, 6) is -1.31. The van der Waals surface area contributed by atoms with Crippen molar-refractivity contribution in [2.45, 2.75) is 57.5 Å². The molecule has 1 aromatic carbocycles. The van der Waals surface area contributed by atoms with Crippen molar-refractivity contribution in [1.29, 1.82) is 0 Å². The largest absolute Gasteiger partial charge is 0.467 e. The number of carbonyl (C=O) groups is 2. The molecule has 1 aromatic rings. The first-order chi connectivity index (χ1) is 13.1. The standard InChI is InChI=1S/C21H28O6/c1-4-5-6-10-13-16(14-15-11-8-7-9-12-15)21-26-17(19(22)24-2)18(27-21)20(23)25-3/h7-9,11-12,14,17-18,21H,4-6,10,13H2,1-3H3/b16-14+/t17-,18-/m1/s1. The van der Waals surface area contributed by atoms with Gasteiger partial charge in [0.15, 0.2) is 18.5 Å². The molecule has 0 amide bonds. The lowest BCUT2D eigenvalue weighted by atomic mass is 10.0. The molecule has 0 unspecified atom stereocenters. The van der Waals surface area contributed by atoms with Gasteiger partial charge in [-0.2, -0.15) is 0 Å². The second-order valence-corrected chi connectivity index (χ2v) is 6.43. The van der Waals surface area contributed by atoms with Gasteiger partial charge in [0.1, 0.15) is 0 Å². The Morgan fingerprint density at radius 1 is 0.963 bits per heavy atom. The molecule has 0 aliphatic carbocycles. The average Bonchev–Trinajstić information content (AvgIpc) is 3.15. The van der Waals surface area contributed by atoms with Crippen LogP contribution in [0.15, 0.2) is 35.9 Å². The highest BCUT2D eigenvalue weighted by molar-refractivity contribution is 5.86. The first-order valence-corrected chi connectivity index (χ1v) is 9.32. The van der Waals surface area contributed by atoms with Crippen molar-refractivity contribution >= 4 is 18.0 Å². The number of carbonyl (C=O) groups excluding carboxylic acids is 2. The minimum Gasteiger partial charge on any atom is -0.467 e. The van der Waals surface area contributed by atoms with Gasteiger partial charge in [0.25, 0.3) is 0 Å². The minimum atomic E-state index is -1.14. The highest BCUT2D eigenvalue weighted by Crippen LogP contribution is 2.30. The molecular weight excluding hydrogens is 348 g/mol. The van der Waals surface area contributed by atoms with Gasteiger partial charge in [-0.05, 0) is 24.0 Å². The molecule has 6 nitrogen and oxygen atoms in total. The fourth-order valence-corrected chi connectivity index (χ4v) is 2.98. The van der Waals surface area contributed by atoms with Crippen LogP contribution in [0, 0.1) is 0 Å². The number of unbranched alkanes of at least 4 members (excludes halogenated alkanes) is 3. The maximum atomic E-state index is 12.0. The highest BCUT2D eigenvalue weighted by Gasteiger charge is 2.47. The van der Waals surface area contributed by atoms with Crippen molar-refractivity contribution in [2.75, 3.05) is 14.2 Å². The van der Waals surface area contributed by atoms with E-state index in [1.807, 2.05) is 36.4 Å². The van der Waals surface area contributed by atoms with Crippen molar-refractivity contribution in [3.8, 4) is 0 Å². The lowest BCUT2D eigenvalue weighted by Crippen LogP contribution is -2.38. The van der Waals surface area contributed by atoms with Crippen LogP contribution in [0.3, 0.4) is 0 Å². The summed E-state index contributed by atoms with van der Waals surface area (Å²) >= 11 is 0. The van der Waals surface area contributed by atoms with Gasteiger partial charge < -0.3 is 18.9 Å². The Morgan fingerprint density at radius 2 is 1.56 bits per heavy atom. The molecule has 27 heavy (non-hydrogen) atoms. The van der Waals surface area contributed by atoms with E-state index in [0.29, 0.717) is 0 Å². The van der Waals surface area contributed by atoms with E-state index in [2.05, 4.69) is 6.92 Å². The van der Waals surface area contributed by atoms with Gasteiger partial charge in [0.2, 0.25) is 0 Å². The number of hydrogen-bond acceptors (Lipinski definition) is 6. The van der Waals surface area contributed by atoms with E-state index < -0.39 is 30.4 Å². The normalized spacial score (nSPS) is 20.5. The quantitative estimate of drug-likeness (QED) is 0.485. The van der Waals surface area contributed by atoms with Gasteiger partial charge >= 0.3 is 11.9 Å². The summed E-state index contributed by atoms with van der Waals surface area (Å²) in [7, 11) is 2.50. The highest BCUT2D eigenvalue weighted by atomic mass is 16.8. The smallest absolute Gasteiger partial charge is 0.338 e. The molecule has 6 heteroatoms. The SMILES string of the molecule is CCCCCC/C(=C\c1ccccc1)C1O[C@@H](C(=O)OC)[C@H](C(=O)OC)O1. The van der Waals surface area contributed by atoms with E-state index in [-0.39, 0.29) is 0 Å². The van der Waals surface area contributed by atoms with Crippen LogP contribution in [-0.2, 0) is 28.5 Å². The molecule has 1 saturated heterocycles. The molecule has 1 aliphatic heterocycles. The zero-order chi connectivity index (χ0) is 19.6.